The Labute approximate surface area is 291 Å². The van der Waals surface area contributed by atoms with Gasteiger partial charge in [-0.1, -0.05) is 98.5 Å². The van der Waals surface area contributed by atoms with Gasteiger partial charge in [-0.15, -0.1) is 0 Å². The van der Waals surface area contributed by atoms with Crippen molar-refractivity contribution in [2.75, 3.05) is 13.1 Å². The SMILES string of the molecule is Cc1ccc(C(=O)NCCCCCCCCNC(=O)c2ccc(C)c(OCc3ccccc3)c2[N+](=O)[O-])c([N+](=O)[O-])c1OCc1ccccc1. The average molecular weight is 683 g/mol. The fourth-order valence-corrected chi connectivity index (χ4v) is 5.45. The molecule has 0 heterocycles. The van der Waals surface area contributed by atoms with Gasteiger partial charge in [0.15, 0.2) is 0 Å². The number of hydrogen-bond donors (Lipinski definition) is 2. The minimum absolute atomic E-state index is 0.0439. The summed E-state index contributed by atoms with van der Waals surface area (Å²) in [5.41, 5.74) is 2.06. The van der Waals surface area contributed by atoms with Crippen LogP contribution >= 0.6 is 0 Å². The Balaban J connectivity index is 1.17. The van der Waals surface area contributed by atoms with Crippen LogP contribution in [0.5, 0.6) is 11.5 Å². The zero-order chi connectivity index (χ0) is 35.9. The van der Waals surface area contributed by atoms with Crippen LogP contribution in [0, 0.1) is 34.1 Å². The number of carbonyl (C=O) groups is 2. The number of nitrogens with zero attached hydrogens (tertiary/aromatic N) is 2. The highest BCUT2D eigenvalue weighted by atomic mass is 16.6. The maximum Gasteiger partial charge on any atom is 0.323 e. The third-order valence-corrected chi connectivity index (χ3v) is 8.14. The number of amides is 2. The van der Waals surface area contributed by atoms with E-state index in [4.69, 9.17) is 9.47 Å². The van der Waals surface area contributed by atoms with Crippen molar-refractivity contribution in [3.63, 3.8) is 0 Å². The van der Waals surface area contributed by atoms with E-state index in [9.17, 15) is 29.8 Å². The first-order valence-electron chi connectivity index (χ1n) is 16.6. The number of nitrogens with one attached hydrogen (secondary N) is 2. The van der Waals surface area contributed by atoms with E-state index in [1.54, 1.807) is 26.0 Å². The van der Waals surface area contributed by atoms with Crippen LogP contribution in [0.15, 0.2) is 84.9 Å². The molecule has 4 rings (SSSR count). The molecule has 2 N–H and O–H groups in total. The summed E-state index contributed by atoms with van der Waals surface area (Å²) >= 11 is 0. The van der Waals surface area contributed by atoms with Crippen LogP contribution in [0.25, 0.3) is 0 Å². The van der Waals surface area contributed by atoms with Crippen LogP contribution in [0.2, 0.25) is 0 Å². The van der Waals surface area contributed by atoms with E-state index >= 15 is 0 Å². The minimum atomic E-state index is -0.578. The van der Waals surface area contributed by atoms with Crippen molar-refractivity contribution in [3.05, 3.63) is 139 Å². The Morgan fingerprint density at radius 1 is 0.560 bits per heavy atom. The lowest BCUT2D eigenvalue weighted by atomic mass is 10.1. The molecule has 0 aliphatic heterocycles. The Bertz CT molecular complexity index is 1650. The van der Waals surface area contributed by atoms with Gasteiger partial charge < -0.3 is 20.1 Å². The quantitative estimate of drug-likeness (QED) is 0.0575. The molecule has 2 amide bonds. The molecule has 0 unspecified atom stereocenters. The number of hydrogen-bond acceptors (Lipinski definition) is 8. The Morgan fingerprint density at radius 2 is 0.920 bits per heavy atom. The first-order chi connectivity index (χ1) is 24.2. The molecule has 12 heteroatoms. The number of nitro benzene ring substituents is 2. The highest BCUT2D eigenvalue weighted by molar-refractivity contribution is 6.00. The number of aryl methyl sites for hydroxylation is 2. The third kappa shape index (κ3) is 10.4. The number of carbonyl (C=O) groups excluding carboxylic acids is 2. The highest BCUT2D eigenvalue weighted by Crippen LogP contribution is 2.36. The first-order valence-corrected chi connectivity index (χ1v) is 16.6. The van der Waals surface area contributed by atoms with Crippen LogP contribution in [0.1, 0.15) is 81.5 Å². The van der Waals surface area contributed by atoms with Gasteiger partial charge in [-0.25, -0.2) is 0 Å². The Kier molecular flexibility index (Phi) is 13.8. The van der Waals surface area contributed by atoms with Crippen molar-refractivity contribution in [3.8, 4) is 11.5 Å². The number of rotatable bonds is 19. The zero-order valence-corrected chi connectivity index (χ0v) is 28.3. The predicted octanol–water partition coefficient (Wildman–Crippen LogP) is 7.78. The molecule has 0 spiro atoms. The molecule has 0 fully saturated rings. The fraction of sp³-hybridized carbons (Fsp3) is 0.316. The lowest BCUT2D eigenvalue weighted by Gasteiger charge is -2.13. The van der Waals surface area contributed by atoms with Gasteiger partial charge in [-0.2, -0.15) is 0 Å². The maximum absolute atomic E-state index is 12.9. The number of nitro groups is 2. The van der Waals surface area contributed by atoms with Gasteiger partial charge in [0.25, 0.3) is 11.8 Å². The van der Waals surface area contributed by atoms with E-state index in [1.165, 1.54) is 12.1 Å². The van der Waals surface area contributed by atoms with E-state index in [-0.39, 0.29) is 47.2 Å². The fourth-order valence-electron chi connectivity index (χ4n) is 5.45. The molecular formula is C38H42N4O8. The van der Waals surface area contributed by atoms with Crippen molar-refractivity contribution in [1.82, 2.24) is 10.6 Å². The van der Waals surface area contributed by atoms with Gasteiger partial charge in [0, 0.05) is 13.1 Å². The van der Waals surface area contributed by atoms with E-state index < -0.39 is 21.7 Å². The number of ether oxygens (including phenoxy) is 2. The van der Waals surface area contributed by atoms with Crippen molar-refractivity contribution >= 4 is 23.2 Å². The summed E-state index contributed by atoms with van der Waals surface area (Å²) in [7, 11) is 0. The molecule has 0 radical (unpaired) electrons. The lowest BCUT2D eigenvalue weighted by Crippen LogP contribution is -2.25. The molecule has 0 aliphatic carbocycles. The largest absolute Gasteiger partial charge is 0.482 e. The van der Waals surface area contributed by atoms with Gasteiger partial charge >= 0.3 is 11.4 Å². The van der Waals surface area contributed by atoms with Crippen LogP contribution < -0.4 is 20.1 Å². The van der Waals surface area contributed by atoms with E-state index in [0.29, 0.717) is 37.1 Å². The van der Waals surface area contributed by atoms with Gasteiger partial charge in [0.1, 0.15) is 24.3 Å². The maximum atomic E-state index is 12.9. The monoisotopic (exact) mass is 682 g/mol. The lowest BCUT2D eigenvalue weighted by molar-refractivity contribution is -0.386. The van der Waals surface area contributed by atoms with Crippen molar-refractivity contribution in [1.29, 1.82) is 0 Å². The molecule has 12 nitrogen and oxygen atoms in total. The molecule has 262 valence electrons. The van der Waals surface area contributed by atoms with Crippen LogP contribution in [0.4, 0.5) is 11.4 Å². The molecule has 0 saturated carbocycles. The summed E-state index contributed by atoms with van der Waals surface area (Å²) in [5.74, 6) is -0.892. The second-order valence-electron chi connectivity index (χ2n) is 11.9. The van der Waals surface area contributed by atoms with Gasteiger partial charge in [0.2, 0.25) is 11.5 Å². The summed E-state index contributed by atoms with van der Waals surface area (Å²) in [6.07, 6.45) is 4.89. The minimum Gasteiger partial charge on any atom is -0.482 e. The Morgan fingerprint density at radius 3 is 1.28 bits per heavy atom. The van der Waals surface area contributed by atoms with Gasteiger partial charge in [0.05, 0.1) is 9.85 Å². The highest BCUT2D eigenvalue weighted by Gasteiger charge is 2.29. The van der Waals surface area contributed by atoms with Crippen molar-refractivity contribution in [2.45, 2.75) is 65.6 Å². The van der Waals surface area contributed by atoms with Crippen molar-refractivity contribution < 1.29 is 28.9 Å². The smallest absolute Gasteiger partial charge is 0.323 e. The van der Waals surface area contributed by atoms with E-state index in [0.717, 1.165) is 36.8 Å². The summed E-state index contributed by atoms with van der Waals surface area (Å²) in [4.78, 5) is 48.6. The Hall–Kier alpha value is -5.78. The van der Waals surface area contributed by atoms with E-state index in [2.05, 4.69) is 10.6 Å². The second kappa shape index (κ2) is 18.7. The molecule has 0 bridgehead atoms. The molecule has 0 aliphatic rings. The molecule has 0 saturated heterocycles. The van der Waals surface area contributed by atoms with Crippen LogP contribution in [-0.2, 0) is 13.2 Å². The zero-order valence-electron chi connectivity index (χ0n) is 28.3. The van der Waals surface area contributed by atoms with Crippen LogP contribution in [-0.4, -0.2) is 34.8 Å². The summed E-state index contributed by atoms with van der Waals surface area (Å²) in [5, 5.41) is 29.5. The number of unbranched alkanes of at least 4 members (excludes halogenated alkanes) is 5. The molecule has 50 heavy (non-hydrogen) atoms. The summed E-state index contributed by atoms with van der Waals surface area (Å²) in [6, 6.07) is 24.8. The normalized spacial score (nSPS) is 10.7. The predicted molar refractivity (Wildman–Crippen MR) is 190 cm³/mol. The number of benzene rings is 4. The standard InChI is InChI=1S/C38H42N4O8/c1-27-19-21-31(33(41(45)46)35(27)49-25-29-15-9-7-10-16-29)37(43)39-23-13-5-3-4-6-14-24-40-38(44)32-22-20-28(2)36(34(32)42(47)48)50-26-30-17-11-8-12-18-30/h7-12,15-22H,3-6,13-14,23-26H2,1-2H3,(H,39,43)(H,40,44). The van der Waals surface area contributed by atoms with Crippen molar-refractivity contribution in [2.24, 2.45) is 0 Å². The van der Waals surface area contributed by atoms with Gasteiger partial charge in [-0.3, -0.25) is 29.8 Å². The first kappa shape index (κ1) is 37.0. The molecule has 0 aromatic heterocycles. The second-order valence-corrected chi connectivity index (χ2v) is 11.9. The summed E-state index contributed by atoms with van der Waals surface area (Å²) < 4.78 is 11.6. The van der Waals surface area contributed by atoms with Gasteiger partial charge in [-0.05, 0) is 61.1 Å². The summed E-state index contributed by atoms with van der Waals surface area (Å²) in [6.45, 7) is 4.43. The van der Waals surface area contributed by atoms with E-state index in [1.807, 2.05) is 60.7 Å². The molecular weight excluding hydrogens is 640 g/mol. The van der Waals surface area contributed by atoms with Crippen LogP contribution in [0.3, 0.4) is 0 Å². The molecule has 0 atom stereocenters. The third-order valence-electron chi connectivity index (χ3n) is 8.14. The molecule has 4 aromatic rings. The molecule has 4 aromatic carbocycles. The topological polar surface area (TPSA) is 163 Å². The average Bonchev–Trinajstić information content (AvgIpc) is 3.11.